The van der Waals surface area contributed by atoms with Crippen LogP contribution >= 0.6 is 11.8 Å². The number of carboxylic acids is 1. The van der Waals surface area contributed by atoms with E-state index in [1.165, 1.54) is 37.1 Å². The molecule has 1 aromatic heterocycles. The summed E-state index contributed by atoms with van der Waals surface area (Å²) >= 11 is 1.23. The minimum atomic E-state index is -1.10. The number of benzene rings is 2. The molecule has 2 aromatic carbocycles. The van der Waals surface area contributed by atoms with Crippen LogP contribution in [-0.4, -0.2) is 62.6 Å². The van der Waals surface area contributed by atoms with Crippen LogP contribution < -0.4 is 10.1 Å². The van der Waals surface area contributed by atoms with Gasteiger partial charge in [0.1, 0.15) is 17.1 Å². The molecule has 35 heavy (non-hydrogen) atoms. The first-order valence-corrected chi connectivity index (χ1v) is 12.2. The van der Waals surface area contributed by atoms with Gasteiger partial charge in [-0.05, 0) is 67.9 Å². The van der Waals surface area contributed by atoms with E-state index in [2.05, 4.69) is 20.4 Å². The van der Waals surface area contributed by atoms with Crippen LogP contribution in [0.25, 0.3) is 5.69 Å². The number of nitrogens with one attached hydrogen (secondary N) is 1. The fraction of sp³-hybridized carbons (Fsp3) is 0.333. The molecule has 1 amide bonds. The molecule has 1 aliphatic heterocycles. The molecule has 3 aromatic rings. The average Bonchev–Trinajstić information content (AvgIpc) is 3.52. The summed E-state index contributed by atoms with van der Waals surface area (Å²) in [5, 5.41) is 21.3. The molecule has 0 unspecified atom stereocenters. The van der Waals surface area contributed by atoms with E-state index < -0.39 is 5.97 Å². The maximum Gasteiger partial charge on any atom is 0.339 e. The molecule has 0 atom stereocenters. The largest absolute Gasteiger partial charge is 0.496 e. The Labute approximate surface area is 206 Å². The van der Waals surface area contributed by atoms with Crippen molar-refractivity contribution in [1.82, 2.24) is 25.0 Å². The molecular formula is C24H26FN5O4S. The zero-order chi connectivity index (χ0) is 24.8. The van der Waals surface area contributed by atoms with E-state index in [4.69, 9.17) is 4.74 Å². The summed E-state index contributed by atoms with van der Waals surface area (Å²) in [5.41, 5.74) is 1.41. The molecular weight excluding hydrogens is 473 g/mol. The van der Waals surface area contributed by atoms with Crippen molar-refractivity contribution >= 4 is 23.6 Å². The number of thioether (sulfide) groups is 1. The SMILES string of the molecule is COc1ccc(CNC(=O)CSc2nnc(CN3CCCC3)n2-c2ccc(F)cc2)cc1C(=O)O. The third kappa shape index (κ3) is 6.17. The summed E-state index contributed by atoms with van der Waals surface area (Å²) in [5.74, 6) is -0.590. The van der Waals surface area contributed by atoms with Crippen LogP contribution in [0.3, 0.4) is 0 Å². The predicted molar refractivity (Wildman–Crippen MR) is 128 cm³/mol. The standard InChI is InChI=1S/C24H26FN5O4S/c1-34-20-9-4-16(12-19(20)23(32)33)13-26-22(31)15-35-24-28-27-21(14-29-10-2-3-11-29)30(24)18-7-5-17(25)6-8-18/h4-9,12H,2-3,10-11,13-15H2,1H3,(H,26,31)(H,32,33). The van der Waals surface area contributed by atoms with Gasteiger partial charge in [-0.2, -0.15) is 0 Å². The molecule has 11 heteroatoms. The monoisotopic (exact) mass is 499 g/mol. The van der Waals surface area contributed by atoms with Crippen molar-refractivity contribution in [1.29, 1.82) is 0 Å². The third-order valence-corrected chi connectivity index (χ3v) is 6.59. The van der Waals surface area contributed by atoms with E-state index in [9.17, 15) is 19.1 Å². The highest BCUT2D eigenvalue weighted by Gasteiger charge is 2.20. The van der Waals surface area contributed by atoms with Gasteiger partial charge in [-0.1, -0.05) is 17.8 Å². The number of carboxylic acid groups (broad SMARTS) is 1. The molecule has 0 saturated carbocycles. The van der Waals surface area contributed by atoms with Gasteiger partial charge >= 0.3 is 5.97 Å². The van der Waals surface area contributed by atoms with E-state index >= 15 is 0 Å². The number of amides is 1. The topological polar surface area (TPSA) is 110 Å². The first-order chi connectivity index (χ1) is 16.9. The summed E-state index contributed by atoms with van der Waals surface area (Å²) in [4.78, 5) is 26.2. The number of rotatable bonds is 10. The van der Waals surface area contributed by atoms with Crippen molar-refractivity contribution in [3.8, 4) is 11.4 Å². The Morgan fingerprint density at radius 1 is 1.14 bits per heavy atom. The van der Waals surface area contributed by atoms with Gasteiger partial charge in [-0.25, -0.2) is 9.18 Å². The lowest BCUT2D eigenvalue weighted by Crippen LogP contribution is -2.25. The number of ether oxygens (including phenoxy) is 1. The molecule has 4 rings (SSSR count). The van der Waals surface area contributed by atoms with Gasteiger partial charge in [-0.3, -0.25) is 14.3 Å². The van der Waals surface area contributed by atoms with Crippen LogP contribution in [0.5, 0.6) is 5.75 Å². The number of aromatic nitrogens is 3. The number of hydrogen-bond acceptors (Lipinski definition) is 7. The Balaban J connectivity index is 1.43. The molecule has 0 radical (unpaired) electrons. The van der Waals surface area contributed by atoms with Crippen molar-refractivity contribution in [2.45, 2.75) is 31.1 Å². The van der Waals surface area contributed by atoms with E-state index in [-0.39, 0.29) is 35.3 Å². The second-order valence-corrected chi connectivity index (χ2v) is 9.04. The van der Waals surface area contributed by atoms with Gasteiger partial charge in [-0.15, -0.1) is 10.2 Å². The fourth-order valence-electron chi connectivity index (χ4n) is 3.90. The van der Waals surface area contributed by atoms with Gasteiger partial charge < -0.3 is 15.2 Å². The molecule has 2 heterocycles. The minimum absolute atomic E-state index is 0.0338. The molecule has 0 aliphatic carbocycles. The molecule has 1 aliphatic rings. The first-order valence-electron chi connectivity index (χ1n) is 11.2. The summed E-state index contributed by atoms with van der Waals surface area (Å²) in [6.07, 6.45) is 2.29. The number of carbonyl (C=O) groups is 2. The quantitative estimate of drug-likeness (QED) is 0.410. The number of methoxy groups -OCH3 is 1. The van der Waals surface area contributed by atoms with Gasteiger partial charge in [0.15, 0.2) is 11.0 Å². The van der Waals surface area contributed by atoms with Crippen LogP contribution in [-0.2, 0) is 17.9 Å². The van der Waals surface area contributed by atoms with E-state index in [0.717, 1.165) is 37.4 Å². The number of hydrogen-bond donors (Lipinski definition) is 2. The van der Waals surface area contributed by atoms with E-state index in [1.807, 2.05) is 4.57 Å². The molecule has 184 valence electrons. The summed E-state index contributed by atoms with van der Waals surface area (Å²) in [6, 6.07) is 10.8. The molecule has 0 spiro atoms. The van der Waals surface area contributed by atoms with Crippen molar-refractivity contribution in [2.24, 2.45) is 0 Å². The maximum atomic E-state index is 13.5. The van der Waals surface area contributed by atoms with E-state index in [1.54, 1.807) is 24.3 Å². The lowest BCUT2D eigenvalue weighted by Gasteiger charge is -2.16. The van der Waals surface area contributed by atoms with Gasteiger partial charge in [0.05, 0.1) is 19.4 Å². The average molecular weight is 500 g/mol. The highest BCUT2D eigenvalue weighted by molar-refractivity contribution is 7.99. The van der Waals surface area contributed by atoms with Crippen molar-refractivity contribution in [3.63, 3.8) is 0 Å². The zero-order valence-corrected chi connectivity index (χ0v) is 20.1. The lowest BCUT2D eigenvalue weighted by atomic mass is 10.1. The second kappa shape index (κ2) is 11.3. The second-order valence-electron chi connectivity index (χ2n) is 8.10. The Hall–Kier alpha value is -3.44. The Morgan fingerprint density at radius 3 is 2.57 bits per heavy atom. The van der Waals surface area contributed by atoms with E-state index in [0.29, 0.717) is 17.3 Å². The first kappa shape index (κ1) is 24.7. The van der Waals surface area contributed by atoms with Gasteiger partial charge in [0.2, 0.25) is 5.91 Å². The number of likely N-dealkylation sites (tertiary alicyclic amines) is 1. The van der Waals surface area contributed by atoms with Crippen LogP contribution in [0.15, 0.2) is 47.6 Å². The summed E-state index contributed by atoms with van der Waals surface area (Å²) in [6.45, 7) is 2.79. The van der Waals surface area contributed by atoms with Gasteiger partial charge in [0.25, 0.3) is 0 Å². The van der Waals surface area contributed by atoms with Crippen molar-refractivity contribution < 1.29 is 23.8 Å². The number of carbonyl (C=O) groups excluding carboxylic acids is 1. The number of nitrogens with zero attached hydrogens (tertiary/aromatic N) is 4. The minimum Gasteiger partial charge on any atom is -0.496 e. The van der Waals surface area contributed by atoms with Crippen LogP contribution in [0.2, 0.25) is 0 Å². The highest BCUT2D eigenvalue weighted by Crippen LogP contribution is 2.24. The smallest absolute Gasteiger partial charge is 0.339 e. The highest BCUT2D eigenvalue weighted by atomic mass is 32.2. The molecule has 0 bridgehead atoms. The third-order valence-electron chi connectivity index (χ3n) is 5.67. The van der Waals surface area contributed by atoms with Gasteiger partial charge in [0, 0.05) is 12.2 Å². The molecule has 9 nitrogen and oxygen atoms in total. The van der Waals surface area contributed by atoms with Crippen molar-refractivity contribution in [2.75, 3.05) is 26.0 Å². The Bertz CT molecular complexity index is 1200. The number of aromatic carboxylic acids is 1. The predicted octanol–water partition coefficient (Wildman–Crippen LogP) is 3.12. The van der Waals surface area contributed by atoms with Crippen molar-refractivity contribution in [3.05, 3.63) is 65.2 Å². The summed E-state index contributed by atoms with van der Waals surface area (Å²) in [7, 11) is 1.40. The lowest BCUT2D eigenvalue weighted by molar-refractivity contribution is -0.118. The number of halogens is 1. The molecule has 1 saturated heterocycles. The molecule has 2 N–H and O–H groups in total. The maximum absolute atomic E-state index is 13.5. The molecule has 1 fully saturated rings. The van der Waals surface area contributed by atoms with Crippen LogP contribution in [0.1, 0.15) is 34.6 Å². The Morgan fingerprint density at radius 2 is 1.89 bits per heavy atom. The Kier molecular flexibility index (Phi) is 7.98. The van der Waals surface area contributed by atoms with Crippen LogP contribution in [0, 0.1) is 5.82 Å². The fourth-order valence-corrected chi connectivity index (χ4v) is 4.70. The van der Waals surface area contributed by atoms with Crippen LogP contribution in [0.4, 0.5) is 4.39 Å². The zero-order valence-electron chi connectivity index (χ0n) is 19.2. The normalized spacial score (nSPS) is 13.7. The summed E-state index contributed by atoms with van der Waals surface area (Å²) < 4.78 is 20.4.